The van der Waals surface area contributed by atoms with Crippen molar-refractivity contribution in [3.8, 4) is 0 Å². The Morgan fingerprint density at radius 2 is 2.25 bits per heavy atom. The van der Waals surface area contributed by atoms with Crippen molar-refractivity contribution in [3.05, 3.63) is 44.6 Å². The standard InChI is InChI=1S/C17H21N5OS/c1-10-6-11(2)22(20-10)8-12(3)21-9-19-16-15(17(21)23)13-4-5-18-7-14(13)24-16/h6,9,12,18H,4-5,7-8H2,1-3H3/t12-/m0/s1. The Morgan fingerprint density at radius 1 is 1.42 bits per heavy atom. The summed E-state index contributed by atoms with van der Waals surface area (Å²) in [6.45, 7) is 8.51. The van der Waals surface area contributed by atoms with Crippen LogP contribution in [0.15, 0.2) is 17.2 Å². The number of thiophene rings is 1. The van der Waals surface area contributed by atoms with Gasteiger partial charge in [0.1, 0.15) is 4.83 Å². The van der Waals surface area contributed by atoms with Crippen molar-refractivity contribution in [2.24, 2.45) is 0 Å². The number of hydrogen-bond donors (Lipinski definition) is 1. The van der Waals surface area contributed by atoms with E-state index in [-0.39, 0.29) is 11.6 Å². The third-order valence-electron chi connectivity index (χ3n) is 4.67. The van der Waals surface area contributed by atoms with Gasteiger partial charge in [-0.2, -0.15) is 5.10 Å². The van der Waals surface area contributed by atoms with E-state index in [0.29, 0.717) is 6.54 Å². The minimum atomic E-state index is 0.00432. The van der Waals surface area contributed by atoms with Gasteiger partial charge in [0, 0.05) is 17.1 Å². The molecule has 0 bridgehead atoms. The topological polar surface area (TPSA) is 64.7 Å². The van der Waals surface area contributed by atoms with E-state index < -0.39 is 0 Å². The van der Waals surface area contributed by atoms with Crippen molar-refractivity contribution in [1.29, 1.82) is 0 Å². The summed E-state index contributed by atoms with van der Waals surface area (Å²) in [6, 6.07) is 2.06. The molecule has 1 atom stereocenters. The highest BCUT2D eigenvalue weighted by molar-refractivity contribution is 7.18. The Labute approximate surface area is 144 Å². The number of aryl methyl sites for hydroxylation is 2. The lowest BCUT2D eigenvalue weighted by molar-refractivity contribution is 0.419. The normalized spacial score (nSPS) is 15.6. The van der Waals surface area contributed by atoms with Gasteiger partial charge in [-0.1, -0.05) is 0 Å². The number of fused-ring (bicyclic) bond motifs is 3. The molecule has 3 aromatic heterocycles. The van der Waals surface area contributed by atoms with Gasteiger partial charge in [0.25, 0.3) is 5.56 Å². The number of nitrogens with one attached hydrogen (secondary N) is 1. The Kier molecular flexibility index (Phi) is 3.77. The molecule has 0 saturated carbocycles. The summed E-state index contributed by atoms with van der Waals surface area (Å²) in [6.07, 6.45) is 2.60. The molecule has 4 rings (SSSR count). The van der Waals surface area contributed by atoms with E-state index in [1.807, 2.05) is 25.5 Å². The van der Waals surface area contributed by atoms with Crippen LogP contribution in [-0.4, -0.2) is 25.9 Å². The van der Waals surface area contributed by atoms with Crippen LogP contribution in [0.3, 0.4) is 0 Å². The van der Waals surface area contributed by atoms with Crippen LogP contribution in [0.5, 0.6) is 0 Å². The molecule has 126 valence electrons. The first-order chi connectivity index (χ1) is 11.5. The number of hydrogen-bond acceptors (Lipinski definition) is 5. The first kappa shape index (κ1) is 15.5. The molecule has 0 spiro atoms. The molecule has 1 aliphatic rings. The smallest absolute Gasteiger partial charge is 0.262 e. The van der Waals surface area contributed by atoms with Crippen molar-refractivity contribution in [2.75, 3.05) is 6.54 Å². The molecule has 1 N–H and O–H groups in total. The molecule has 0 unspecified atom stereocenters. The maximum Gasteiger partial charge on any atom is 0.262 e. The third-order valence-corrected chi connectivity index (χ3v) is 5.81. The van der Waals surface area contributed by atoms with Gasteiger partial charge in [0.05, 0.1) is 30.0 Å². The summed E-state index contributed by atoms with van der Waals surface area (Å²) < 4.78 is 3.72. The minimum absolute atomic E-state index is 0.00432. The highest BCUT2D eigenvalue weighted by Gasteiger charge is 2.21. The van der Waals surface area contributed by atoms with Gasteiger partial charge in [-0.25, -0.2) is 4.98 Å². The van der Waals surface area contributed by atoms with Crippen LogP contribution < -0.4 is 10.9 Å². The molecule has 0 aliphatic carbocycles. The summed E-state index contributed by atoms with van der Waals surface area (Å²) in [7, 11) is 0. The van der Waals surface area contributed by atoms with E-state index in [2.05, 4.69) is 21.5 Å². The Bertz CT molecular complexity index is 967. The summed E-state index contributed by atoms with van der Waals surface area (Å²) in [5.41, 5.74) is 3.38. The predicted molar refractivity (Wildman–Crippen MR) is 95.7 cm³/mol. The molecule has 1 aliphatic heterocycles. The molecular formula is C17H21N5OS. The molecular weight excluding hydrogens is 322 g/mol. The van der Waals surface area contributed by atoms with Gasteiger partial charge in [-0.05, 0) is 45.4 Å². The molecule has 7 heteroatoms. The van der Waals surface area contributed by atoms with Crippen molar-refractivity contribution in [2.45, 2.75) is 46.3 Å². The second-order valence-electron chi connectivity index (χ2n) is 6.53. The lowest BCUT2D eigenvalue weighted by Crippen LogP contribution is -2.28. The van der Waals surface area contributed by atoms with E-state index in [1.165, 1.54) is 10.4 Å². The van der Waals surface area contributed by atoms with Gasteiger partial charge in [0.2, 0.25) is 0 Å². The van der Waals surface area contributed by atoms with Crippen LogP contribution in [0.1, 0.15) is 34.8 Å². The molecule has 0 radical (unpaired) electrons. The fourth-order valence-corrected chi connectivity index (χ4v) is 4.59. The second-order valence-corrected chi connectivity index (χ2v) is 7.61. The summed E-state index contributed by atoms with van der Waals surface area (Å²) in [5, 5.41) is 8.68. The molecule has 0 amide bonds. The first-order valence-corrected chi connectivity index (χ1v) is 9.09. The fourth-order valence-electron chi connectivity index (χ4n) is 3.44. The van der Waals surface area contributed by atoms with Gasteiger partial charge < -0.3 is 5.32 Å². The highest BCUT2D eigenvalue weighted by Crippen LogP contribution is 2.30. The Balaban J connectivity index is 1.75. The van der Waals surface area contributed by atoms with Gasteiger partial charge in [0.15, 0.2) is 0 Å². The maximum atomic E-state index is 13.1. The Morgan fingerprint density at radius 3 is 3.00 bits per heavy atom. The SMILES string of the molecule is Cc1cc(C)n(C[C@H](C)n2cnc3sc4c(c3c2=O)CCNC4)n1. The summed E-state index contributed by atoms with van der Waals surface area (Å²) >= 11 is 1.64. The van der Waals surface area contributed by atoms with Crippen LogP contribution in [0.25, 0.3) is 10.2 Å². The van der Waals surface area contributed by atoms with Crippen LogP contribution in [0.4, 0.5) is 0 Å². The largest absolute Gasteiger partial charge is 0.312 e. The monoisotopic (exact) mass is 343 g/mol. The van der Waals surface area contributed by atoms with Gasteiger partial charge >= 0.3 is 0 Å². The molecule has 24 heavy (non-hydrogen) atoms. The van der Waals surface area contributed by atoms with Crippen molar-refractivity contribution in [1.82, 2.24) is 24.6 Å². The zero-order chi connectivity index (χ0) is 16.8. The molecule has 4 heterocycles. The van der Waals surface area contributed by atoms with E-state index in [4.69, 9.17) is 0 Å². The maximum absolute atomic E-state index is 13.1. The molecule has 3 aromatic rings. The number of rotatable bonds is 3. The minimum Gasteiger partial charge on any atom is -0.312 e. The van der Waals surface area contributed by atoms with Gasteiger partial charge in [-0.15, -0.1) is 11.3 Å². The van der Waals surface area contributed by atoms with Gasteiger partial charge in [-0.3, -0.25) is 14.0 Å². The van der Waals surface area contributed by atoms with Crippen LogP contribution in [0, 0.1) is 13.8 Å². The predicted octanol–water partition coefficient (Wildman–Crippen LogP) is 2.18. The van der Waals surface area contributed by atoms with E-state index in [9.17, 15) is 4.79 Å². The van der Waals surface area contributed by atoms with Crippen molar-refractivity contribution in [3.63, 3.8) is 0 Å². The number of aromatic nitrogens is 4. The highest BCUT2D eigenvalue weighted by atomic mass is 32.1. The third kappa shape index (κ3) is 2.48. The van der Waals surface area contributed by atoms with E-state index in [0.717, 1.165) is 41.1 Å². The summed E-state index contributed by atoms with van der Waals surface area (Å²) in [5.74, 6) is 0. The number of nitrogens with zero attached hydrogens (tertiary/aromatic N) is 4. The average Bonchev–Trinajstić information content (AvgIpc) is 3.07. The summed E-state index contributed by atoms with van der Waals surface area (Å²) in [4.78, 5) is 19.7. The lowest BCUT2D eigenvalue weighted by atomic mass is 10.1. The second kappa shape index (κ2) is 5.82. The molecule has 0 saturated heterocycles. The molecule has 0 fully saturated rings. The molecule has 0 aromatic carbocycles. The van der Waals surface area contributed by atoms with Crippen molar-refractivity contribution >= 4 is 21.6 Å². The van der Waals surface area contributed by atoms with E-state index >= 15 is 0 Å². The Hall–Kier alpha value is -1.99. The zero-order valence-corrected chi connectivity index (χ0v) is 15.0. The fraction of sp³-hybridized carbons (Fsp3) is 0.471. The lowest BCUT2D eigenvalue weighted by Gasteiger charge is -2.16. The van der Waals surface area contributed by atoms with Crippen LogP contribution in [-0.2, 0) is 19.5 Å². The molecule has 6 nitrogen and oxygen atoms in total. The van der Waals surface area contributed by atoms with Crippen LogP contribution in [0.2, 0.25) is 0 Å². The quantitative estimate of drug-likeness (QED) is 0.792. The van der Waals surface area contributed by atoms with E-state index in [1.54, 1.807) is 22.2 Å². The average molecular weight is 343 g/mol. The van der Waals surface area contributed by atoms with Crippen LogP contribution >= 0.6 is 11.3 Å². The zero-order valence-electron chi connectivity index (χ0n) is 14.2. The van der Waals surface area contributed by atoms with Crippen molar-refractivity contribution < 1.29 is 0 Å². The first-order valence-electron chi connectivity index (χ1n) is 8.27.